The summed E-state index contributed by atoms with van der Waals surface area (Å²) < 4.78 is 25.8. The maximum Gasteiger partial charge on any atom is 0.312 e. The van der Waals surface area contributed by atoms with E-state index in [1.54, 1.807) is 0 Å². The molecule has 0 aromatic heterocycles. The number of carboxylic acids is 1. The summed E-state index contributed by atoms with van der Waals surface area (Å²) in [5.74, 6) is -6.28. The van der Waals surface area contributed by atoms with E-state index in [1.165, 1.54) is 0 Å². The third kappa shape index (κ3) is 2.39. The first-order valence-electron chi connectivity index (χ1n) is 4.53. The molecule has 1 rings (SSSR count). The van der Waals surface area contributed by atoms with Crippen molar-refractivity contribution in [3.8, 4) is 0 Å². The SMILES string of the molecule is CC(F)(F)C(C(=O)O)C1CCCC1. The Bertz CT molecular complexity index is 192. The van der Waals surface area contributed by atoms with E-state index in [4.69, 9.17) is 5.11 Å². The van der Waals surface area contributed by atoms with Crippen LogP contribution in [0, 0.1) is 11.8 Å². The van der Waals surface area contributed by atoms with Crippen molar-refractivity contribution in [2.24, 2.45) is 11.8 Å². The standard InChI is InChI=1S/C9H14F2O2/c1-9(10,11)7(8(12)13)6-4-2-3-5-6/h6-7H,2-5H2,1H3,(H,12,13). The minimum Gasteiger partial charge on any atom is -0.481 e. The maximum atomic E-state index is 12.9. The number of hydrogen-bond acceptors (Lipinski definition) is 1. The van der Waals surface area contributed by atoms with Crippen LogP contribution in [0.3, 0.4) is 0 Å². The van der Waals surface area contributed by atoms with Crippen LogP contribution in [0.5, 0.6) is 0 Å². The van der Waals surface area contributed by atoms with Gasteiger partial charge in [-0.2, -0.15) is 0 Å². The first kappa shape index (κ1) is 10.4. The lowest BCUT2D eigenvalue weighted by Gasteiger charge is -2.24. The Labute approximate surface area is 75.9 Å². The van der Waals surface area contributed by atoms with E-state index < -0.39 is 17.8 Å². The molecule has 0 aromatic carbocycles. The maximum absolute atomic E-state index is 12.9. The Morgan fingerprint density at radius 2 is 1.92 bits per heavy atom. The molecule has 0 amide bonds. The molecule has 1 fully saturated rings. The van der Waals surface area contributed by atoms with Crippen LogP contribution in [0.15, 0.2) is 0 Å². The van der Waals surface area contributed by atoms with Crippen molar-refractivity contribution in [1.29, 1.82) is 0 Å². The summed E-state index contributed by atoms with van der Waals surface area (Å²) in [5.41, 5.74) is 0. The molecule has 0 spiro atoms. The van der Waals surface area contributed by atoms with Crippen molar-refractivity contribution in [3.63, 3.8) is 0 Å². The molecule has 0 radical (unpaired) electrons. The van der Waals surface area contributed by atoms with Crippen molar-refractivity contribution in [1.82, 2.24) is 0 Å². The smallest absolute Gasteiger partial charge is 0.312 e. The zero-order valence-corrected chi connectivity index (χ0v) is 7.59. The van der Waals surface area contributed by atoms with Crippen molar-refractivity contribution in [3.05, 3.63) is 0 Å². The molecule has 76 valence electrons. The molecule has 1 N–H and O–H groups in total. The number of aliphatic carboxylic acids is 1. The van der Waals surface area contributed by atoms with Crippen LogP contribution in [0.1, 0.15) is 32.6 Å². The van der Waals surface area contributed by atoms with Crippen LogP contribution in [-0.4, -0.2) is 17.0 Å². The third-order valence-corrected chi connectivity index (χ3v) is 2.68. The summed E-state index contributed by atoms with van der Waals surface area (Å²) in [7, 11) is 0. The van der Waals surface area contributed by atoms with E-state index >= 15 is 0 Å². The lowest BCUT2D eigenvalue weighted by atomic mass is 9.86. The van der Waals surface area contributed by atoms with Gasteiger partial charge < -0.3 is 5.11 Å². The zero-order chi connectivity index (χ0) is 10.1. The highest BCUT2D eigenvalue weighted by molar-refractivity contribution is 5.71. The van der Waals surface area contributed by atoms with E-state index in [9.17, 15) is 13.6 Å². The molecule has 0 bridgehead atoms. The zero-order valence-electron chi connectivity index (χ0n) is 7.59. The molecule has 2 nitrogen and oxygen atoms in total. The fraction of sp³-hybridized carbons (Fsp3) is 0.889. The second kappa shape index (κ2) is 3.60. The minimum atomic E-state index is -3.10. The topological polar surface area (TPSA) is 37.3 Å². The van der Waals surface area contributed by atoms with Gasteiger partial charge in [-0.25, -0.2) is 8.78 Å². The Morgan fingerprint density at radius 3 is 2.23 bits per heavy atom. The molecule has 1 saturated carbocycles. The molecule has 1 aliphatic carbocycles. The summed E-state index contributed by atoms with van der Waals surface area (Å²) in [6, 6.07) is 0. The summed E-state index contributed by atoms with van der Waals surface area (Å²) in [6.07, 6.45) is 3.01. The van der Waals surface area contributed by atoms with Gasteiger partial charge in [0.25, 0.3) is 5.92 Å². The summed E-state index contributed by atoms with van der Waals surface area (Å²) in [5, 5.41) is 8.69. The molecule has 0 aliphatic heterocycles. The lowest BCUT2D eigenvalue weighted by molar-refractivity contribution is -0.159. The van der Waals surface area contributed by atoms with E-state index in [0.29, 0.717) is 19.8 Å². The van der Waals surface area contributed by atoms with Gasteiger partial charge in [0.05, 0.1) is 0 Å². The van der Waals surface area contributed by atoms with Gasteiger partial charge >= 0.3 is 5.97 Å². The van der Waals surface area contributed by atoms with Gasteiger partial charge in [-0.3, -0.25) is 4.79 Å². The molecule has 0 saturated heterocycles. The number of rotatable bonds is 3. The number of halogens is 2. The predicted molar refractivity (Wildman–Crippen MR) is 43.7 cm³/mol. The average Bonchev–Trinajstić information content (AvgIpc) is 2.34. The number of carboxylic acid groups (broad SMARTS) is 1. The molecule has 0 heterocycles. The van der Waals surface area contributed by atoms with Gasteiger partial charge in [-0.1, -0.05) is 12.8 Å². The second-order valence-electron chi connectivity index (χ2n) is 3.82. The Kier molecular flexibility index (Phi) is 2.88. The highest BCUT2D eigenvalue weighted by Gasteiger charge is 2.45. The van der Waals surface area contributed by atoms with Gasteiger partial charge in [0.15, 0.2) is 0 Å². The van der Waals surface area contributed by atoms with Crippen LogP contribution < -0.4 is 0 Å². The minimum absolute atomic E-state index is 0.336. The summed E-state index contributed by atoms with van der Waals surface area (Å²) in [4.78, 5) is 10.7. The van der Waals surface area contributed by atoms with Crippen LogP contribution in [0.2, 0.25) is 0 Å². The fourth-order valence-corrected chi connectivity index (χ4v) is 2.12. The average molecular weight is 192 g/mol. The van der Waals surface area contributed by atoms with Crippen LogP contribution >= 0.6 is 0 Å². The molecule has 13 heavy (non-hydrogen) atoms. The number of carbonyl (C=O) groups is 1. The highest BCUT2D eigenvalue weighted by atomic mass is 19.3. The third-order valence-electron chi connectivity index (χ3n) is 2.68. The molecule has 1 unspecified atom stereocenters. The van der Waals surface area contributed by atoms with Crippen molar-refractivity contribution in [2.75, 3.05) is 0 Å². The van der Waals surface area contributed by atoms with Crippen molar-refractivity contribution < 1.29 is 18.7 Å². The van der Waals surface area contributed by atoms with E-state index in [-0.39, 0.29) is 5.92 Å². The van der Waals surface area contributed by atoms with Crippen LogP contribution in [0.4, 0.5) is 8.78 Å². The van der Waals surface area contributed by atoms with E-state index in [1.807, 2.05) is 0 Å². The molecule has 4 heteroatoms. The summed E-state index contributed by atoms with van der Waals surface area (Å²) >= 11 is 0. The van der Waals surface area contributed by atoms with Gasteiger partial charge in [-0.15, -0.1) is 0 Å². The first-order valence-corrected chi connectivity index (χ1v) is 4.53. The quantitative estimate of drug-likeness (QED) is 0.746. The van der Waals surface area contributed by atoms with Crippen molar-refractivity contribution in [2.45, 2.75) is 38.5 Å². The normalized spacial score (nSPS) is 21.8. The van der Waals surface area contributed by atoms with Gasteiger partial charge in [0, 0.05) is 6.92 Å². The van der Waals surface area contributed by atoms with Gasteiger partial charge in [0.2, 0.25) is 0 Å². The molecular weight excluding hydrogens is 178 g/mol. The molecule has 1 atom stereocenters. The molecular formula is C9H14F2O2. The Morgan fingerprint density at radius 1 is 1.46 bits per heavy atom. The largest absolute Gasteiger partial charge is 0.481 e. The highest BCUT2D eigenvalue weighted by Crippen LogP contribution is 2.39. The van der Waals surface area contributed by atoms with Gasteiger partial charge in [0.1, 0.15) is 5.92 Å². The number of alkyl halides is 2. The number of hydrogen-bond donors (Lipinski definition) is 1. The Balaban J connectivity index is 2.72. The molecule has 1 aliphatic rings. The second-order valence-corrected chi connectivity index (χ2v) is 3.82. The first-order chi connectivity index (χ1) is 5.93. The summed E-state index contributed by atoms with van der Waals surface area (Å²) in [6.45, 7) is 0.699. The van der Waals surface area contributed by atoms with E-state index in [0.717, 1.165) is 12.8 Å². The van der Waals surface area contributed by atoms with E-state index in [2.05, 4.69) is 0 Å². The van der Waals surface area contributed by atoms with Gasteiger partial charge in [-0.05, 0) is 18.8 Å². The lowest BCUT2D eigenvalue weighted by Crippen LogP contribution is -2.36. The van der Waals surface area contributed by atoms with Crippen molar-refractivity contribution >= 4 is 5.97 Å². The van der Waals surface area contributed by atoms with Crippen LogP contribution in [-0.2, 0) is 4.79 Å². The Hall–Kier alpha value is -0.670. The monoisotopic (exact) mass is 192 g/mol. The van der Waals surface area contributed by atoms with Crippen LogP contribution in [0.25, 0.3) is 0 Å². The fourth-order valence-electron chi connectivity index (χ4n) is 2.12. The predicted octanol–water partition coefficient (Wildman–Crippen LogP) is 2.53. The molecule has 0 aromatic rings.